The fourth-order valence-corrected chi connectivity index (χ4v) is 3.59. The second-order valence-corrected chi connectivity index (χ2v) is 6.84. The maximum Gasteiger partial charge on any atom is 0.270 e. The summed E-state index contributed by atoms with van der Waals surface area (Å²) in [5, 5.41) is 0.505. The molecule has 1 aliphatic heterocycles. The molecular formula is C18H12ClNOS2. The number of rotatable bonds is 3. The van der Waals surface area contributed by atoms with Crippen molar-refractivity contribution in [2.45, 2.75) is 0 Å². The third-order valence-corrected chi connectivity index (χ3v) is 4.86. The lowest BCUT2D eigenvalue weighted by Gasteiger charge is -2.15. The molecule has 1 fully saturated rings. The molecule has 1 amide bonds. The van der Waals surface area contributed by atoms with E-state index in [1.165, 1.54) is 16.7 Å². The van der Waals surface area contributed by atoms with E-state index in [1.54, 1.807) is 18.2 Å². The Balaban J connectivity index is 1.83. The Hall–Kier alpha value is -1.88. The van der Waals surface area contributed by atoms with Gasteiger partial charge in [0.25, 0.3) is 5.91 Å². The summed E-state index contributed by atoms with van der Waals surface area (Å²) in [4.78, 5) is 14.6. The van der Waals surface area contributed by atoms with Crippen molar-refractivity contribution in [2.24, 2.45) is 0 Å². The molecule has 0 unspecified atom stereocenters. The Labute approximate surface area is 149 Å². The molecule has 0 radical (unpaired) electrons. The molecule has 2 aromatic carbocycles. The van der Waals surface area contributed by atoms with Crippen LogP contribution in [0.5, 0.6) is 0 Å². The van der Waals surface area contributed by atoms with Crippen LogP contribution in [-0.4, -0.2) is 10.2 Å². The summed E-state index contributed by atoms with van der Waals surface area (Å²) in [7, 11) is 0. The number of para-hydroxylation sites is 1. The van der Waals surface area contributed by atoms with E-state index in [2.05, 4.69) is 0 Å². The number of hydrogen-bond donors (Lipinski definition) is 0. The number of nitrogens with zero attached hydrogens (tertiary/aromatic N) is 1. The Kier molecular flexibility index (Phi) is 4.96. The fraction of sp³-hybridized carbons (Fsp3) is 0. The largest absolute Gasteiger partial charge is 0.270 e. The van der Waals surface area contributed by atoms with Gasteiger partial charge in [-0.15, -0.1) is 0 Å². The predicted octanol–water partition coefficient (Wildman–Crippen LogP) is 5.30. The normalized spacial score (nSPS) is 16.7. The minimum absolute atomic E-state index is 0.147. The lowest BCUT2D eigenvalue weighted by Crippen LogP contribution is -2.27. The smallest absolute Gasteiger partial charge is 0.268 e. The number of carbonyl (C=O) groups excluding carboxylic acids is 1. The van der Waals surface area contributed by atoms with E-state index in [-0.39, 0.29) is 5.91 Å². The summed E-state index contributed by atoms with van der Waals surface area (Å²) in [5.41, 5.74) is 1.69. The van der Waals surface area contributed by atoms with Gasteiger partial charge in [0.1, 0.15) is 0 Å². The van der Waals surface area contributed by atoms with Gasteiger partial charge in [0.2, 0.25) is 0 Å². The number of thiocarbonyl (C=S) groups is 1. The SMILES string of the molecule is O=C1C(=CC=Cc2ccccc2)SC(=S)N1c1ccccc1Cl. The first-order valence-corrected chi connectivity index (χ1v) is 8.51. The highest BCUT2D eigenvalue weighted by molar-refractivity contribution is 8.27. The average Bonchev–Trinajstić information content (AvgIpc) is 2.83. The zero-order valence-corrected chi connectivity index (χ0v) is 14.4. The van der Waals surface area contributed by atoms with Crippen LogP contribution >= 0.6 is 35.6 Å². The van der Waals surface area contributed by atoms with E-state index in [9.17, 15) is 4.79 Å². The molecular weight excluding hydrogens is 346 g/mol. The van der Waals surface area contributed by atoms with Crippen LogP contribution < -0.4 is 4.90 Å². The topological polar surface area (TPSA) is 20.3 Å². The van der Waals surface area contributed by atoms with Crippen molar-refractivity contribution >= 4 is 57.6 Å². The van der Waals surface area contributed by atoms with Gasteiger partial charge in [0.05, 0.1) is 15.6 Å². The number of amides is 1. The quantitative estimate of drug-likeness (QED) is 0.549. The van der Waals surface area contributed by atoms with Gasteiger partial charge in [0, 0.05) is 0 Å². The zero-order chi connectivity index (χ0) is 16.2. The number of halogens is 1. The molecule has 0 aromatic heterocycles. The van der Waals surface area contributed by atoms with E-state index in [1.807, 2.05) is 54.6 Å². The van der Waals surface area contributed by atoms with Gasteiger partial charge < -0.3 is 0 Å². The summed E-state index contributed by atoms with van der Waals surface area (Å²) < 4.78 is 0.488. The molecule has 23 heavy (non-hydrogen) atoms. The highest BCUT2D eigenvalue weighted by atomic mass is 35.5. The molecule has 0 aliphatic carbocycles. The molecule has 0 atom stereocenters. The van der Waals surface area contributed by atoms with Crippen molar-refractivity contribution in [1.29, 1.82) is 0 Å². The van der Waals surface area contributed by atoms with Gasteiger partial charge in [-0.1, -0.05) is 90.2 Å². The third-order valence-electron chi connectivity index (χ3n) is 3.22. The first kappa shape index (κ1) is 16.0. The molecule has 5 heteroatoms. The first-order valence-electron chi connectivity index (χ1n) is 6.91. The highest BCUT2D eigenvalue weighted by Gasteiger charge is 2.33. The lowest BCUT2D eigenvalue weighted by atomic mass is 10.2. The van der Waals surface area contributed by atoms with Gasteiger partial charge >= 0.3 is 0 Å². The second-order valence-electron chi connectivity index (χ2n) is 4.76. The molecule has 2 nitrogen and oxygen atoms in total. The van der Waals surface area contributed by atoms with Crippen LogP contribution in [0.3, 0.4) is 0 Å². The van der Waals surface area contributed by atoms with Crippen LogP contribution in [0.2, 0.25) is 5.02 Å². The van der Waals surface area contributed by atoms with E-state index >= 15 is 0 Å². The van der Waals surface area contributed by atoms with Crippen molar-refractivity contribution in [3.63, 3.8) is 0 Å². The van der Waals surface area contributed by atoms with Gasteiger partial charge in [-0.05, 0) is 23.8 Å². The van der Waals surface area contributed by atoms with Crippen LogP contribution in [0.25, 0.3) is 6.08 Å². The Morgan fingerprint density at radius 3 is 2.48 bits per heavy atom. The Bertz CT molecular complexity index is 815. The second kappa shape index (κ2) is 7.13. The summed E-state index contributed by atoms with van der Waals surface area (Å²) in [6.45, 7) is 0. The third kappa shape index (κ3) is 3.55. The fourth-order valence-electron chi connectivity index (χ4n) is 2.13. The molecule has 0 N–H and O–H groups in total. The van der Waals surface area contributed by atoms with Crippen LogP contribution in [0.1, 0.15) is 5.56 Å². The molecule has 0 bridgehead atoms. The molecule has 1 aliphatic rings. The molecule has 0 saturated carbocycles. The zero-order valence-electron chi connectivity index (χ0n) is 12.0. The summed E-state index contributed by atoms with van der Waals surface area (Å²) in [6, 6.07) is 17.1. The van der Waals surface area contributed by atoms with Gasteiger partial charge in [-0.2, -0.15) is 0 Å². The predicted molar refractivity (Wildman–Crippen MR) is 103 cm³/mol. The first-order chi connectivity index (χ1) is 11.2. The molecule has 114 valence electrons. The van der Waals surface area contributed by atoms with Gasteiger partial charge in [-0.3, -0.25) is 9.69 Å². The van der Waals surface area contributed by atoms with Crippen molar-refractivity contribution in [3.05, 3.63) is 82.2 Å². The van der Waals surface area contributed by atoms with Gasteiger partial charge in [0.15, 0.2) is 4.32 Å². The number of hydrogen-bond acceptors (Lipinski definition) is 3. The van der Waals surface area contributed by atoms with E-state index < -0.39 is 0 Å². The average molecular weight is 358 g/mol. The number of benzene rings is 2. The summed E-state index contributed by atoms with van der Waals surface area (Å²) >= 11 is 12.8. The highest BCUT2D eigenvalue weighted by Crippen LogP contribution is 2.37. The number of anilines is 1. The van der Waals surface area contributed by atoms with Gasteiger partial charge in [-0.25, -0.2) is 0 Å². The Morgan fingerprint density at radius 1 is 1.04 bits per heavy atom. The maximum atomic E-state index is 12.6. The molecule has 3 rings (SSSR count). The van der Waals surface area contributed by atoms with Crippen LogP contribution in [-0.2, 0) is 4.79 Å². The number of thioether (sulfide) groups is 1. The molecule has 1 heterocycles. The number of allylic oxidation sites excluding steroid dienone is 2. The minimum atomic E-state index is -0.147. The van der Waals surface area contributed by atoms with E-state index in [4.69, 9.17) is 23.8 Å². The molecule has 0 spiro atoms. The Morgan fingerprint density at radius 2 is 1.74 bits per heavy atom. The summed E-state index contributed by atoms with van der Waals surface area (Å²) in [6.07, 6.45) is 5.58. The minimum Gasteiger partial charge on any atom is -0.268 e. The summed E-state index contributed by atoms with van der Waals surface area (Å²) in [5.74, 6) is -0.147. The van der Waals surface area contributed by atoms with Crippen molar-refractivity contribution in [3.8, 4) is 0 Å². The number of carbonyl (C=O) groups is 1. The van der Waals surface area contributed by atoms with Crippen molar-refractivity contribution < 1.29 is 4.79 Å². The van der Waals surface area contributed by atoms with E-state index in [0.29, 0.717) is 19.9 Å². The molecule has 1 saturated heterocycles. The van der Waals surface area contributed by atoms with E-state index in [0.717, 1.165) is 5.56 Å². The monoisotopic (exact) mass is 357 g/mol. The molecule has 2 aromatic rings. The lowest BCUT2D eigenvalue weighted by molar-refractivity contribution is -0.113. The van der Waals surface area contributed by atoms with Crippen LogP contribution in [0.4, 0.5) is 5.69 Å². The van der Waals surface area contributed by atoms with Crippen molar-refractivity contribution in [2.75, 3.05) is 4.90 Å². The maximum absolute atomic E-state index is 12.6. The van der Waals surface area contributed by atoms with Crippen LogP contribution in [0, 0.1) is 0 Å². The van der Waals surface area contributed by atoms with Crippen LogP contribution in [0.15, 0.2) is 71.7 Å². The van der Waals surface area contributed by atoms with Crippen molar-refractivity contribution in [1.82, 2.24) is 0 Å². The standard InChI is InChI=1S/C18H12ClNOS2/c19-14-10-4-5-11-15(14)20-17(21)16(23-18(20)22)12-6-9-13-7-2-1-3-8-13/h1-12H.